The first kappa shape index (κ1) is 15.5. The van der Waals surface area contributed by atoms with Crippen LogP contribution in [-0.4, -0.2) is 31.7 Å². The molecule has 0 aliphatic carbocycles. The Morgan fingerprint density at radius 3 is 2.37 bits per heavy atom. The van der Waals surface area contributed by atoms with Gasteiger partial charge in [-0.05, 0) is 24.1 Å². The third-order valence-corrected chi connectivity index (χ3v) is 2.93. The van der Waals surface area contributed by atoms with Crippen LogP contribution in [0.25, 0.3) is 0 Å². The zero-order chi connectivity index (χ0) is 14.3. The Labute approximate surface area is 117 Å². The van der Waals surface area contributed by atoms with Crippen LogP contribution in [0.2, 0.25) is 0 Å². The van der Waals surface area contributed by atoms with Crippen molar-refractivity contribution < 1.29 is 19.1 Å². The minimum Gasteiger partial charge on any atom is -0.493 e. The smallest absolute Gasteiger partial charge is 0.202 e. The van der Waals surface area contributed by atoms with Crippen LogP contribution in [0.3, 0.4) is 0 Å². The largest absolute Gasteiger partial charge is 0.493 e. The number of hydrogen-bond donors (Lipinski definition) is 0. The average molecular weight is 285 g/mol. The predicted molar refractivity (Wildman–Crippen MR) is 73.2 cm³/mol. The number of ether oxygens (including phenoxy) is 2. The third kappa shape index (κ3) is 4.56. The molecule has 0 N–H and O–H groups in total. The van der Waals surface area contributed by atoms with Crippen LogP contribution in [0.5, 0.6) is 11.5 Å². The molecule has 0 unspecified atom stereocenters. The number of hydrogen-bond acceptors (Lipinski definition) is 4. The molecule has 19 heavy (non-hydrogen) atoms. The van der Waals surface area contributed by atoms with E-state index in [1.54, 1.807) is 25.3 Å². The molecule has 0 atom stereocenters. The van der Waals surface area contributed by atoms with E-state index in [0.29, 0.717) is 23.8 Å². The first-order valence-electron chi connectivity index (χ1n) is 5.95. The van der Waals surface area contributed by atoms with Gasteiger partial charge in [-0.2, -0.15) is 0 Å². The molecular weight excluding hydrogens is 268 g/mol. The molecule has 1 aromatic carbocycles. The lowest BCUT2D eigenvalue weighted by Crippen LogP contribution is -2.16. The lowest BCUT2D eigenvalue weighted by atomic mass is 10.0. The quantitative estimate of drug-likeness (QED) is 0.543. The number of rotatable bonds is 8. The van der Waals surface area contributed by atoms with Gasteiger partial charge < -0.3 is 9.47 Å². The fraction of sp³-hybridized carbons (Fsp3) is 0.429. The molecule has 0 aliphatic rings. The monoisotopic (exact) mass is 284 g/mol. The summed E-state index contributed by atoms with van der Waals surface area (Å²) < 4.78 is 10.3. The van der Waals surface area contributed by atoms with Crippen LogP contribution in [0.1, 0.15) is 18.4 Å². The molecule has 0 saturated carbocycles. The Bertz CT molecular complexity index is 457. The molecule has 0 saturated heterocycles. The number of methoxy groups -OCH3 is 2. The molecule has 0 heterocycles. The number of halogens is 1. The predicted octanol–water partition coefficient (Wildman–Crippen LogP) is 2.40. The van der Waals surface area contributed by atoms with E-state index in [0.717, 1.165) is 5.56 Å². The van der Waals surface area contributed by atoms with Gasteiger partial charge in [-0.15, -0.1) is 11.6 Å². The second-order valence-electron chi connectivity index (χ2n) is 4.01. The van der Waals surface area contributed by atoms with Gasteiger partial charge in [0.25, 0.3) is 0 Å². The average Bonchev–Trinajstić information content (AvgIpc) is 2.44. The highest BCUT2D eigenvalue weighted by Gasteiger charge is 2.15. The minimum atomic E-state index is -0.405. The fourth-order valence-electron chi connectivity index (χ4n) is 1.64. The summed E-state index contributed by atoms with van der Waals surface area (Å²) in [4.78, 5) is 23.2. The van der Waals surface area contributed by atoms with Crippen LogP contribution < -0.4 is 9.47 Å². The van der Waals surface area contributed by atoms with E-state index in [-0.39, 0.29) is 18.6 Å². The van der Waals surface area contributed by atoms with Crippen molar-refractivity contribution in [1.82, 2.24) is 0 Å². The van der Waals surface area contributed by atoms with Gasteiger partial charge in [-0.1, -0.05) is 6.07 Å². The van der Waals surface area contributed by atoms with Crippen molar-refractivity contribution in [2.75, 3.05) is 20.1 Å². The first-order valence-corrected chi connectivity index (χ1v) is 6.48. The van der Waals surface area contributed by atoms with Gasteiger partial charge >= 0.3 is 0 Å². The minimum absolute atomic E-state index is 0.0709. The van der Waals surface area contributed by atoms with Gasteiger partial charge in [0, 0.05) is 18.7 Å². The van der Waals surface area contributed by atoms with Crippen molar-refractivity contribution in [2.45, 2.75) is 19.3 Å². The molecule has 0 bridgehead atoms. The molecule has 5 heteroatoms. The summed E-state index contributed by atoms with van der Waals surface area (Å²) in [6.45, 7) is 0. The number of alkyl halides is 1. The molecule has 0 spiro atoms. The highest BCUT2D eigenvalue weighted by molar-refractivity contribution is 6.37. The second-order valence-corrected chi connectivity index (χ2v) is 4.38. The topological polar surface area (TPSA) is 52.6 Å². The highest BCUT2D eigenvalue weighted by atomic mass is 35.5. The van der Waals surface area contributed by atoms with Gasteiger partial charge in [0.1, 0.15) is 0 Å². The zero-order valence-electron chi connectivity index (χ0n) is 11.1. The van der Waals surface area contributed by atoms with Crippen molar-refractivity contribution in [2.24, 2.45) is 0 Å². The standard InChI is InChI=1S/C14H17ClO4/c1-18-13-6-5-10(9-14(13)19-2)8-12(17)11(16)4-3-7-15/h5-6,9H,3-4,7-8H2,1-2H3. The van der Waals surface area contributed by atoms with Crippen molar-refractivity contribution in [1.29, 1.82) is 0 Å². The van der Waals surface area contributed by atoms with Gasteiger partial charge in [0.15, 0.2) is 17.3 Å². The summed E-state index contributed by atoms with van der Waals surface area (Å²) in [6.07, 6.45) is 0.801. The molecule has 0 fully saturated rings. The number of ketones is 2. The molecule has 4 nitrogen and oxygen atoms in total. The van der Waals surface area contributed by atoms with Crippen molar-refractivity contribution >= 4 is 23.2 Å². The number of Topliss-reactive ketones (excluding diaryl/α,β-unsaturated/α-hetero) is 2. The first-order chi connectivity index (χ1) is 9.12. The van der Waals surface area contributed by atoms with Crippen LogP contribution in [0, 0.1) is 0 Å². The van der Waals surface area contributed by atoms with E-state index in [2.05, 4.69) is 0 Å². The SMILES string of the molecule is COc1ccc(CC(=O)C(=O)CCCCl)cc1OC. The maximum Gasteiger partial charge on any atom is 0.202 e. The molecule has 0 aliphatic heterocycles. The second kappa shape index (κ2) is 7.79. The number of benzene rings is 1. The van der Waals surface area contributed by atoms with Gasteiger partial charge in [0.2, 0.25) is 5.78 Å². The Hall–Kier alpha value is -1.55. The van der Waals surface area contributed by atoms with Crippen LogP contribution in [0.15, 0.2) is 18.2 Å². The molecule has 1 aromatic rings. The van der Waals surface area contributed by atoms with Crippen LogP contribution in [0.4, 0.5) is 0 Å². The summed E-state index contributed by atoms with van der Waals surface area (Å²) in [7, 11) is 3.06. The van der Waals surface area contributed by atoms with E-state index in [1.807, 2.05) is 0 Å². The van der Waals surface area contributed by atoms with Crippen molar-refractivity contribution in [3.05, 3.63) is 23.8 Å². The summed E-state index contributed by atoms with van der Waals surface area (Å²) in [6, 6.07) is 5.16. The van der Waals surface area contributed by atoms with E-state index < -0.39 is 5.78 Å². The summed E-state index contributed by atoms with van der Waals surface area (Å²) in [5, 5.41) is 0. The van der Waals surface area contributed by atoms with E-state index >= 15 is 0 Å². The number of carbonyl (C=O) groups is 2. The Kier molecular flexibility index (Phi) is 6.36. The van der Waals surface area contributed by atoms with Gasteiger partial charge in [0.05, 0.1) is 14.2 Å². The van der Waals surface area contributed by atoms with Crippen molar-refractivity contribution in [3.8, 4) is 11.5 Å². The maximum atomic E-state index is 11.7. The zero-order valence-corrected chi connectivity index (χ0v) is 11.8. The lowest BCUT2D eigenvalue weighted by molar-refractivity contribution is -0.136. The van der Waals surface area contributed by atoms with Crippen LogP contribution >= 0.6 is 11.6 Å². The molecule has 0 amide bonds. The Morgan fingerprint density at radius 1 is 1.11 bits per heavy atom. The normalized spacial score (nSPS) is 10.1. The molecule has 104 valence electrons. The highest BCUT2D eigenvalue weighted by Crippen LogP contribution is 2.27. The summed E-state index contributed by atoms with van der Waals surface area (Å²) in [5.41, 5.74) is 0.724. The van der Waals surface area contributed by atoms with E-state index in [9.17, 15) is 9.59 Å². The summed E-state index contributed by atoms with van der Waals surface area (Å²) in [5.74, 6) is 0.732. The molecule has 0 aromatic heterocycles. The molecule has 1 rings (SSSR count). The molecule has 0 radical (unpaired) electrons. The van der Waals surface area contributed by atoms with Crippen molar-refractivity contribution in [3.63, 3.8) is 0 Å². The van der Waals surface area contributed by atoms with E-state index in [4.69, 9.17) is 21.1 Å². The Morgan fingerprint density at radius 2 is 1.79 bits per heavy atom. The third-order valence-electron chi connectivity index (χ3n) is 2.66. The van der Waals surface area contributed by atoms with Gasteiger partial charge in [-0.25, -0.2) is 0 Å². The lowest BCUT2D eigenvalue weighted by Gasteiger charge is -2.09. The molecular formula is C14H17ClO4. The fourth-order valence-corrected chi connectivity index (χ4v) is 1.77. The van der Waals surface area contributed by atoms with E-state index in [1.165, 1.54) is 7.11 Å². The number of carbonyl (C=O) groups excluding carboxylic acids is 2. The Balaban J connectivity index is 2.71. The maximum absolute atomic E-state index is 11.7. The van der Waals surface area contributed by atoms with Crippen LogP contribution in [-0.2, 0) is 16.0 Å². The summed E-state index contributed by atoms with van der Waals surface area (Å²) >= 11 is 5.49. The van der Waals surface area contributed by atoms with Gasteiger partial charge in [-0.3, -0.25) is 9.59 Å².